The van der Waals surface area contributed by atoms with E-state index in [9.17, 15) is 15.6 Å². The van der Waals surface area contributed by atoms with E-state index in [0.717, 1.165) is 22.9 Å². The Morgan fingerprint density at radius 1 is 0.519 bits per heavy atom. The number of piperidine rings is 3. The Bertz CT molecular complexity index is 1590. The van der Waals surface area contributed by atoms with Gasteiger partial charge in [0.1, 0.15) is 24.1 Å². The number of ether oxygens (including phenoxy) is 3. The van der Waals surface area contributed by atoms with E-state index in [1.807, 2.05) is 12.1 Å². The third kappa shape index (κ3) is 7.32. The fourth-order valence-corrected chi connectivity index (χ4v) is 9.64. The summed E-state index contributed by atoms with van der Waals surface area (Å²) in [6.45, 7) is 31.8. The summed E-state index contributed by atoms with van der Waals surface area (Å²) >= 11 is 0. The van der Waals surface area contributed by atoms with Crippen molar-refractivity contribution >= 4 is 10.8 Å². The summed E-state index contributed by atoms with van der Waals surface area (Å²) in [6.07, 6.45) is 3.72. The van der Waals surface area contributed by atoms with E-state index < -0.39 is 33.2 Å². The van der Waals surface area contributed by atoms with E-state index in [2.05, 4.69) is 122 Å². The van der Waals surface area contributed by atoms with Gasteiger partial charge < -0.3 is 29.8 Å². The quantitative estimate of drug-likeness (QED) is 0.233. The van der Waals surface area contributed by atoms with Crippen molar-refractivity contribution in [3.05, 3.63) is 30.3 Å². The molecule has 9 nitrogen and oxygen atoms in total. The molecule has 0 aromatic heterocycles. The summed E-state index contributed by atoms with van der Waals surface area (Å²) in [5.74, 6) is 2.84. The number of rotatable bonds is 9. The van der Waals surface area contributed by atoms with Crippen LogP contribution in [0.15, 0.2) is 30.3 Å². The molecule has 5 rings (SSSR count). The van der Waals surface area contributed by atoms with Crippen LogP contribution in [0.5, 0.6) is 17.2 Å². The summed E-state index contributed by atoms with van der Waals surface area (Å²) in [5, 5.41) is 40.5. The predicted octanol–water partition coefficient (Wildman–Crippen LogP) is 10.1. The van der Waals surface area contributed by atoms with E-state index in [0.29, 0.717) is 43.6 Å². The van der Waals surface area contributed by atoms with Gasteiger partial charge in [0.05, 0.1) is 0 Å². The molecule has 3 aliphatic rings. The van der Waals surface area contributed by atoms with Gasteiger partial charge in [-0.15, -0.1) is 0 Å². The third-order valence-electron chi connectivity index (χ3n) is 13.8. The molecule has 9 heteroatoms. The van der Waals surface area contributed by atoms with E-state index >= 15 is 0 Å². The Hall–Kier alpha value is -2.14. The molecule has 52 heavy (non-hydrogen) atoms. The molecule has 6 unspecified atom stereocenters. The van der Waals surface area contributed by atoms with Crippen LogP contribution in [-0.2, 0) is 0 Å². The van der Waals surface area contributed by atoms with Crippen molar-refractivity contribution < 1.29 is 29.8 Å². The van der Waals surface area contributed by atoms with Crippen LogP contribution in [0.25, 0.3) is 10.8 Å². The highest BCUT2D eigenvalue weighted by molar-refractivity contribution is 5.91. The Morgan fingerprint density at radius 3 is 1.31 bits per heavy atom. The normalized spacial score (nSPS) is 34.3. The van der Waals surface area contributed by atoms with Crippen LogP contribution in [0, 0.1) is 17.8 Å². The van der Waals surface area contributed by atoms with Crippen molar-refractivity contribution in [2.75, 3.05) is 0 Å². The number of hydrogen-bond acceptors (Lipinski definition) is 9. The summed E-state index contributed by atoms with van der Waals surface area (Å²) in [7, 11) is 0. The number of nitrogens with zero attached hydrogens (tertiary/aromatic N) is 3. The zero-order valence-electron chi connectivity index (χ0n) is 35.0. The smallest absolute Gasteiger partial charge is 0.169 e. The topological polar surface area (TPSA) is 98.1 Å². The van der Waals surface area contributed by atoms with Crippen molar-refractivity contribution in [2.45, 2.75) is 194 Å². The van der Waals surface area contributed by atoms with E-state index in [1.54, 1.807) is 15.2 Å². The second kappa shape index (κ2) is 13.9. The standard InChI is InChI=1S/C43H71N3O6/c1-27(2)41(13)24-32(21-38(7,8)44(41)47)50-31-17-18-35-30(20-31)16-19-36(51-33-22-39(9,10)45(48)42(14,25-33)28(3)4)37(35)52-34-23-40(11,12)46(49)43(15,26-34)29(5)6/h16-20,27-29,32-34,47-49H,21-26H2,1-15H3. The van der Waals surface area contributed by atoms with Gasteiger partial charge in [-0.1, -0.05) is 47.6 Å². The van der Waals surface area contributed by atoms with Gasteiger partial charge in [0.15, 0.2) is 11.5 Å². The molecule has 2 aromatic rings. The average molecular weight is 726 g/mol. The lowest BCUT2D eigenvalue weighted by Crippen LogP contribution is -2.64. The summed E-state index contributed by atoms with van der Waals surface area (Å²) in [4.78, 5) is 0. The maximum atomic E-state index is 11.4. The summed E-state index contributed by atoms with van der Waals surface area (Å²) < 4.78 is 20.8. The number of hydrogen-bond donors (Lipinski definition) is 3. The molecule has 3 fully saturated rings. The van der Waals surface area contributed by atoms with Crippen LogP contribution in [-0.4, -0.2) is 82.4 Å². The molecular formula is C43H71N3O6. The van der Waals surface area contributed by atoms with Crippen molar-refractivity contribution in [3.8, 4) is 17.2 Å². The van der Waals surface area contributed by atoms with Gasteiger partial charge in [-0.2, -0.15) is 15.2 Å². The molecule has 294 valence electrons. The minimum absolute atomic E-state index is 0.0581. The molecule has 3 N–H and O–H groups in total. The van der Waals surface area contributed by atoms with Crippen molar-refractivity contribution in [2.24, 2.45) is 17.8 Å². The highest BCUT2D eigenvalue weighted by Gasteiger charge is 2.53. The molecule has 0 saturated carbocycles. The second-order valence-electron chi connectivity index (χ2n) is 20.1. The minimum Gasteiger partial charge on any atom is -0.490 e. The van der Waals surface area contributed by atoms with Gasteiger partial charge in [-0.05, 0) is 110 Å². The third-order valence-corrected chi connectivity index (χ3v) is 13.8. The fraction of sp³-hybridized carbons (Fsp3) is 0.767. The second-order valence-corrected chi connectivity index (χ2v) is 20.1. The van der Waals surface area contributed by atoms with E-state index in [4.69, 9.17) is 14.2 Å². The van der Waals surface area contributed by atoms with Crippen LogP contribution in [0.2, 0.25) is 0 Å². The molecule has 3 aliphatic heterocycles. The lowest BCUT2D eigenvalue weighted by Gasteiger charge is -2.55. The van der Waals surface area contributed by atoms with Crippen LogP contribution in [0.4, 0.5) is 0 Å². The molecule has 0 amide bonds. The highest BCUT2D eigenvalue weighted by atomic mass is 16.5. The predicted molar refractivity (Wildman–Crippen MR) is 208 cm³/mol. The van der Waals surface area contributed by atoms with Gasteiger partial charge in [0.25, 0.3) is 0 Å². The lowest BCUT2D eigenvalue weighted by molar-refractivity contribution is -0.272. The van der Waals surface area contributed by atoms with Crippen molar-refractivity contribution in [1.29, 1.82) is 0 Å². The number of fused-ring (bicyclic) bond motifs is 1. The van der Waals surface area contributed by atoms with E-state index in [-0.39, 0.29) is 36.1 Å². The van der Waals surface area contributed by atoms with Gasteiger partial charge >= 0.3 is 0 Å². The summed E-state index contributed by atoms with van der Waals surface area (Å²) in [5.41, 5.74) is -2.74. The summed E-state index contributed by atoms with van der Waals surface area (Å²) in [6, 6.07) is 10.3. The van der Waals surface area contributed by atoms with Gasteiger partial charge in [0, 0.05) is 77.1 Å². The molecule has 6 atom stereocenters. The molecule has 0 bridgehead atoms. The molecule has 0 aliphatic carbocycles. The first-order valence-electron chi connectivity index (χ1n) is 19.8. The van der Waals surface area contributed by atoms with E-state index in [1.165, 1.54) is 0 Å². The van der Waals surface area contributed by atoms with Crippen LogP contribution >= 0.6 is 0 Å². The molecular weight excluding hydrogens is 654 g/mol. The SMILES string of the molecule is CC(C)C1(C)CC(Oc2ccc3c(OC4CC(C)(C)N(O)C(C)(C(C)C)C4)c(OC4CC(C)(C)N(O)C(C)(C(C)C)C4)ccc3c2)CC(C)(C)N1O. The monoisotopic (exact) mass is 726 g/mol. The molecule has 0 spiro atoms. The number of benzene rings is 2. The Morgan fingerprint density at radius 2 is 0.904 bits per heavy atom. The molecule has 2 aromatic carbocycles. The maximum Gasteiger partial charge on any atom is 0.169 e. The zero-order valence-corrected chi connectivity index (χ0v) is 35.0. The Balaban J connectivity index is 1.53. The van der Waals surface area contributed by atoms with Gasteiger partial charge in [-0.25, -0.2) is 0 Å². The van der Waals surface area contributed by atoms with Crippen LogP contribution < -0.4 is 14.2 Å². The largest absolute Gasteiger partial charge is 0.490 e. The van der Waals surface area contributed by atoms with Gasteiger partial charge in [0.2, 0.25) is 0 Å². The maximum absolute atomic E-state index is 11.4. The fourth-order valence-electron chi connectivity index (χ4n) is 9.64. The van der Waals surface area contributed by atoms with Crippen LogP contribution in [0.3, 0.4) is 0 Å². The van der Waals surface area contributed by atoms with Crippen molar-refractivity contribution in [3.63, 3.8) is 0 Å². The zero-order chi connectivity index (χ0) is 39.0. The first-order valence-corrected chi connectivity index (χ1v) is 19.8. The molecule has 3 heterocycles. The van der Waals surface area contributed by atoms with Crippen LogP contribution in [0.1, 0.15) is 142 Å². The highest BCUT2D eigenvalue weighted by Crippen LogP contribution is 2.48. The Labute approximate surface area is 314 Å². The molecule has 0 radical (unpaired) electrons. The lowest BCUT2D eigenvalue weighted by atomic mass is 9.73. The Kier molecular flexibility index (Phi) is 10.9. The first kappa shape index (κ1) is 41.0. The molecule has 3 saturated heterocycles. The first-order chi connectivity index (χ1) is 23.8. The minimum atomic E-state index is -0.492. The average Bonchev–Trinajstić information content (AvgIpc) is 3.01. The van der Waals surface area contributed by atoms with Gasteiger partial charge in [-0.3, -0.25) is 0 Å². The number of hydroxylamine groups is 6. The van der Waals surface area contributed by atoms with Crippen molar-refractivity contribution in [1.82, 2.24) is 15.2 Å².